The average Bonchev–Trinajstić information content (AvgIpc) is 2.79. The van der Waals surface area contributed by atoms with Crippen molar-refractivity contribution in [2.75, 3.05) is 18.0 Å². The van der Waals surface area contributed by atoms with Gasteiger partial charge in [0, 0.05) is 37.6 Å². The van der Waals surface area contributed by atoms with Crippen LogP contribution in [0.15, 0.2) is 67.0 Å². The molecule has 0 radical (unpaired) electrons. The summed E-state index contributed by atoms with van der Waals surface area (Å²) >= 11 is 0. The molecule has 2 aromatic heterocycles. The number of nitrogens with one attached hydrogen (secondary N) is 1. The lowest BCUT2D eigenvalue weighted by Gasteiger charge is -2.32. The van der Waals surface area contributed by atoms with Gasteiger partial charge in [0.25, 0.3) is 0 Å². The number of nitrogens with zero attached hydrogens (tertiary/aromatic N) is 4. The second-order valence-corrected chi connectivity index (χ2v) is 7.01. The van der Waals surface area contributed by atoms with Gasteiger partial charge in [-0.3, -0.25) is 9.78 Å². The Kier molecular flexibility index (Phi) is 5.56. The molecule has 4 rings (SSSR count). The highest BCUT2D eigenvalue weighted by Gasteiger charge is 2.26. The van der Waals surface area contributed by atoms with Crippen molar-refractivity contribution in [3.05, 3.63) is 72.6 Å². The van der Waals surface area contributed by atoms with Crippen molar-refractivity contribution in [2.24, 2.45) is 5.92 Å². The lowest BCUT2D eigenvalue weighted by molar-refractivity contribution is -0.125. The van der Waals surface area contributed by atoms with Gasteiger partial charge < -0.3 is 10.2 Å². The monoisotopic (exact) mass is 373 g/mol. The molecule has 28 heavy (non-hydrogen) atoms. The normalized spacial score (nSPS) is 16.6. The maximum atomic E-state index is 12.6. The minimum atomic E-state index is -0.0407. The van der Waals surface area contributed by atoms with Crippen LogP contribution in [0.4, 0.5) is 5.82 Å². The molecule has 1 fully saturated rings. The predicted octanol–water partition coefficient (Wildman–Crippen LogP) is 3.07. The smallest absolute Gasteiger partial charge is 0.225 e. The number of benzene rings is 1. The molecule has 1 aliphatic rings. The summed E-state index contributed by atoms with van der Waals surface area (Å²) in [6.45, 7) is 2.07. The van der Waals surface area contributed by atoms with Gasteiger partial charge in [0.1, 0.15) is 0 Å². The molecule has 1 aliphatic heterocycles. The molecule has 1 saturated heterocycles. The minimum Gasteiger partial charge on any atom is -0.354 e. The highest BCUT2D eigenvalue weighted by Crippen LogP contribution is 2.23. The lowest BCUT2D eigenvalue weighted by atomic mass is 9.97. The Morgan fingerprint density at radius 1 is 1.07 bits per heavy atom. The molecule has 6 heteroatoms. The molecule has 0 spiro atoms. The Morgan fingerprint density at radius 3 is 2.71 bits per heavy atom. The van der Waals surface area contributed by atoms with Gasteiger partial charge in [-0.1, -0.05) is 36.4 Å². The number of carbonyl (C=O) groups excluding carboxylic acids is 1. The fourth-order valence-corrected chi connectivity index (χ4v) is 3.49. The largest absolute Gasteiger partial charge is 0.354 e. The summed E-state index contributed by atoms with van der Waals surface area (Å²) in [7, 11) is 0. The van der Waals surface area contributed by atoms with Crippen molar-refractivity contribution in [2.45, 2.75) is 19.4 Å². The van der Waals surface area contributed by atoms with Crippen LogP contribution in [0.25, 0.3) is 11.3 Å². The van der Waals surface area contributed by atoms with E-state index >= 15 is 0 Å². The summed E-state index contributed by atoms with van der Waals surface area (Å²) in [5.74, 6) is 0.868. The third kappa shape index (κ3) is 4.34. The summed E-state index contributed by atoms with van der Waals surface area (Å²) in [6, 6.07) is 17.8. The molecular weight excluding hydrogens is 350 g/mol. The summed E-state index contributed by atoms with van der Waals surface area (Å²) in [4.78, 5) is 18.8. The molecule has 1 N–H and O–H groups in total. The van der Waals surface area contributed by atoms with E-state index in [1.165, 1.54) is 0 Å². The summed E-state index contributed by atoms with van der Waals surface area (Å²) < 4.78 is 0. The van der Waals surface area contributed by atoms with Gasteiger partial charge in [0.2, 0.25) is 5.91 Å². The zero-order valence-corrected chi connectivity index (χ0v) is 15.7. The number of aromatic nitrogens is 3. The maximum absolute atomic E-state index is 12.6. The van der Waals surface area contributed by atoms with Crippen molar-refractivity contribution in [1.82, 2.24) is 20.5 Å². The van der Waals surface area contributed by atoms with E-state index in [0.717, 1.165) is 42.0 Å². The fourth-order valence-electron chi connectivity index (χ4n) is 3.49. The fraction of sp³-hybridized carbons (Fsp3) is 0.273. The molecule has 0 saturated carbocycles. The standard InChI is InChI=1S/C22H23N5O/c28-22(24-15-17-6-4-12-23-14-17)19-9-5-13-27(16-19)21-11-10-20(25-26-21)18-7-2-1-3-8-18/h1-4,6-8,10-12,14,19H,5,9,13,15-16H2,(H,24,28)/t19-/m0/s1. The Hall–Kier alpha value is -3.28. The van der Waals surface area contributed by atoms with E-state index < -0.39 is 0 Å². The number of amides is 1. The molecule has 1 atom stereocenters. The number of piperidine rings is 1. The first-order valence-corrected chi connectivity index (χ1v) is 9.60. The molecule has 1 amide bonds. The van der Waals surface area contributed by atoms with Gasteiger partial charge in [-0.25, -0.2) is 0 Å². The second kappa shape index (κ2) is 8.61. The Labute approximate surface area is 164 Å². The summed E-state index contributed by atoms with van der Waals surface area (Å²) in [6.07, 6.45) is 5.36. The lowest BCUT2D eigenvalue weighted by Crippen LogP contribution is -2.43. The van der Waals surface area contributed by atoms with E-state index in [-0.39, 0.29) is 11.8 Å². The van der Waals surface area contributed by atoms with E-state index in [0.29, 0.717) is 13.1 Å². The molecular formula is C22H23N5O. The van der Waals surface area contributed by atoms with Crippen LogP contribution in [0.3, 0.4) is 0 Å². The Bertz CT molecular complexity index is 899. The van der Waals surface area contributed by atoms with Crippen molar-refractivity contribution in [3.8, 4) is 11.3 Å². The summed E-state index contributed by atoms with van der Waals surface area (Å²) in [5, 5.41) is 11.8. The van der Waals surface area contributed by atoms with Gasteiger partial charge in [-0.05, 0) is 36.6 Å². The van der Waals surface area contributed by atoms with Crippen LogP contribution in [0.5, 0.6) is 0 Å². The SMILES string of the molecule is O=C(NCc1cccnc1)[C@H]1CCCN(c2ccc(-c3ccccc3)nn2)C1. The van der Waals surface area contributed by atoms with E-state index in [2.05, 4.69) is 25.4 Å². The van der Waals surface area contributed by atoms with Crippen molar-refractivity contribution < 1.29 is 4.79 Å². The molecule has 0 bridgehead atoms. The number of rotatable bonds is 5. The molecule has 3 aromatic rings. The Balaban J connectivity index is 1.37. The van der Waals surface area contributed by atoms with Gasteiger partial charge in [-0.15, -0.1) is 10.2 Å². The number of pyridine rings is 1. The average molecular weight is 373 g/mol. The van der Waals surface area contributed by atoms with E-state index in [4.69, 9.17) is 0 Å². The van der Waals surface area contributed by atoms with Crippen LogP contribution in [0.1, 0.15) is 18.4 Å². The van der Waals surface area contributed by atoms with Crippen molar-refractivity contribution >= 4 is 11.7 Å². The molecule has 0 unspecified atom stereocenters. The topological polar surface area (TPSA) is 71.0 Å². The zero-order valence-electron chi connectivity index (χ0n) is 15.7. The predicted molar refractivity (Wildman–Crippen MR) is 108 cm³/mol. The minimum absolute atomic E-state index is 0.0407. The van der Waals surface area contributed by atoms with Crippen LogP contribution in [0.2, 0.25) is 0 Å². The first-order chi connectivity index (χ1) is 13.8. The van der Waals surface area contributed by atoms with Crippen LogP contribution in [0, 0.1) is 5.92 Å². The first kappa shape index (κ1) is 18.1. The highest BCUT2D eigenvalue weighted by atomic mass is 16.1. The van der Waals surface area contributed by atoms with Crippen LogP contribution in [-0.2, 0) is 11.3 Å². The van der Waals surface area contributed by atoms with Crippen LogP contribution in [-0.4, -0.2) is 34.2 Å². The van der Waals surface area contributed by atoms with Crippen molar-refractivity contribution in [3.63, 3.8) is 0 Å². The van der Waals surface area contributed by atoms with Crippen LogP contribution < -0.4 is 10.2 Å². The number of anilines is 1. The number of carbonyl (C=O) groups is 1. The second-order valence-electron chi connectivity index (χ2n) is 7.01. The first-order valence-electron chi connectivity index (χ1n) is 9.60. The van der Waals surface area contributed by atoms with E-state index in [9.17, 15) is 4.79 Å². The molecule has 0 aliphatic carbocycles. The van der Waals surface area contributed by atoms with Gasteiger partial charge in [-0.2, -0.15) is 0 Å². The summed E-state index contributed by atoms with van der Waals surface area (Å²) in [5.41, 5.74) is 2.91. The highest BCUT2D eigenvalue weighted by molar-refractivity contribution is 5.79. The van der Waals surface area contributed by atoms with Crippen LogP contribution >= 0.6 is 0 Å². The van der Waals surface area contributed by atoms with E-state index in [1.807, 2.05) is 54.6 Å². The number of hydrogen-bond donors (Lipinski definition) is 1. The number of hydrogen-bond acceptors (Lipinski definition) is 5. The molecule has 142 valence electrons. The maximum Gasteiger partial charge on any atom is 0.225 e. The molecule has 6 nitrogen and oxygen atoms in total. The Morgan fingerprint density at radius 2 is 1.96 bits per heavy atom. The van der Waals surface area contributed by atoms with Gasteiger partial charge >= 0.3 is 0 Å². The quantitative estimate of drug-likeness (QED) is 0.744. The zero-order chi connectivity index (χ0) is 19.2. The van der Waals surface area contributed by atoms with Gasteiger partial charge in [0.05, 0.1) is 11.6 Å². The van der Waals surface area contributed by atoms with Gasteiger partial charge in [0.15, 0.2) is 5.82 Å². The molecule has 3 heterocycles. The van der Waals surface area contributed by atoms with E-state index in [1.54, 1.807) is 12.4 Å². The van der Waals surface area contributed by atoms with Crippen molar-refractivity contribution in [1.29, 1.82) is 0 Å². The third-order valence-electron chi connectivity index (χ3n) is 5.03. The third-order valence-corrected chi connectivity index (χ3v) is 5.03. The molecule has 1 aromatic carbocycles.